The third kappa shape index (κ3) is 18.5. The molecule has 2 aliphatic rings. The molecule has 0 aliphatic carbocycles. The van der Waals surface area contributed by atoms with Crippen LogP contribution in [0.2, 0.25) is 0 Å². The molecule has 0 spiro atoms. The van der Waals surface area contributed by atoms with Crippen LogP contribution in [0.3, 0.4) is 0 Å². The molecule has 2 rings (SSSR count). The average Bonchev–Trinajstić information content (AvgIpc) is 3.24. The van der Waals surface area contributed by atoms with Crippen molar-refractivity contribution < 1.29 is 61.3 Å². The maximum absolute atomic E-state index is 10.5. The number of carboxylic acids is 2. The first-order valence-corrected chi connectivity index (χ1v) is 9.60. The predicted octanol–water partition coefficient (Wildman–Crippen LogP) is 0.922. The molecule has 0 unspecified atom stereocenters. The van der Waals surface area contributed by atoms with Crippen LogP contribution in [0.25, 0.3) is 0 Å². The second-order valence-corrected chi connectivity index (χ2v) is 7.18. The molecule has 0 aromatic heterocycles. The number of rotatable bonds is 6. The van der Waals surface area contributed by atoms with E-state index in [-0.39, 0.29) is 22.4 Å². The van der Waals surface area contributed by atoms with Crippen molar-refractivity contribution >= 4 is 11.9 Å². The molecule has 0 aromatic carbocycles. The number of aliphatic carboxylic acids is 2. The van der Waals surface area contributed by atoms with Crippen molar-refractivity contribution in [2.75, 3.05) is 52.4 Å². The van der Waals surface area contributed by atoms with Crippen molar-refractivity contribution in [1.82, 2.24) is 0 Å². The number of nitrogens with zero attached hydrogens (tertiary/aromatic N) is 4. The van der Waals surface area contributed by atoms with E-state index in [0.29, 0.717) is 13.1 Å². The minimum Gasteiger partial charge on any atom is -0.477 e. The first-order chi connectivity index (χ1) is 13.8. The summed E-state index contributed by atoms with van der Waals surface area (Å²) in [7, 11) is 0. The minimum atomic E-state index is -1.75. The van der Waals surface area contributed by atoms with E-state index in [4.69, 9.17) is 40.9 Å². The van der Waals surface area contributed by atoms with Crippen molar-refractivity contribution in [1.29, 1.82) is 0 Å². The van der Waals surface area contributed by atoms with Gasteiger partial charge in [-0.05, 0) is 13.8 Å². The number of quaternary nitrogens is 2. The van der Waals surface area contributed by atoms with Gasteiger partial charge in [-0.3, -0.25) is 0 Å². The summed E-state index contributed by atoms with van der Waals surface area (Å²) >= 11 is 0. The molecule has 0 aromatic rings. The zero-order valence-electron chi connectivity index (χ0n) is 17.7. The summed E-state index contributed by atoms with van der Waals surface area (Å²) in [6.45, 7) is 10.9. The third-order valence-corrected chi connectivity index (χ3v) is 5.31. The van der Waals surface area contributed by atoms with Crippen LogP contribution in [0.5, 0.6) is 0 Å². The van der Waals surface area contributed by atoms with Gasteiger partial charge >= 0.3 is 11.9 Å². The number of carboxylic acid groups (broad SMARTS) is 2. The van der Waals surface area contributed by atoms with Gasteiger partial charge in [0.25, 0.3) is 0 Å². The second-order valence-electron chi connectivity index (χ2n) is 7.18. The monoisotopic (exact) mass is 547 g/mol. The van der Waals surface area contributed by atoms with Crippen LogP contribution in [0.4, 0.5) is 0 Å². The van der Waals surface area contributed by atoms with Crippen molar-refractivity contribution in [3.05, 3.63) is 30.6 Å². The van der Waals surface area contributed by atoms with Crippen molar-refractivity contribution in [2.45, 2.75) is 39.5 Å². The van der Waals surface area contributed by atoms with Gasteiger partial charge < -0.3 is 49.8 Å². The first kappa shape index (κ1) is 33.6. The molecule has 187 valence electrons. The van der Waals surface area contributed by atoms with Crippen molar-refractivity contribution in [3.8, 4) is 0 Å². The normalized spacial score (nSPS) is 17.1. The summed E-state index contributed by atoms with van der Waals surface area (Å²) in [5.41, 5.74) is 0. The first-order valence-electron chi connectivity index (χ1n) is 9.60. The van der Waals surface area contributed by atoms with E-state index >= 15 is 0 Å². The summed E-state index contributed by atoms with van der Waals surface area (Å²) < 4.78 is 1.60. The third-order valence-electron chi connectivity index (χ3n) is 5.31. The Labute approximate surface area is 196 Å². The van der Waals surface area contributed by atoms with Crippen LogP contribution >= 0.6 is 0 Å². The summed E-state index contributed by atoms with van der Waals surface area (Å²) in [4.78, 5) is 37.5. The molecule has 0 saturated carbocycles. The molecular weight excluding hydrogens is 516 g/mol. The Morgan fingerprint density at radius 1 is 0.710 bits per heavy atom. The summed E-state index contributed by atoms with van der Waals surface area (Å²) in [5, 5.41) is 46.8. The molecule has 0 amide bonds. The fraction of sp³-hybridized carbons (Fsp3) is 0.875. The fourth-order valence-electron chi connectivity index (χ4n) is 3.76. The molecule has 2 fully saturated rings. The number of hydrogen-bond acceptors (Lipinski definition) is 8. The molecule has 2 saturated heterocycles. The zero-order chi connectivity index (χ0) is 23.8. The van der Waals surface area contributed by atoms with Gasteiger partial charge in [0, 0.05) is 48.1 Å². The SMILES string of the molecule is CC[N+]1(CC(=O)O)CCCC1.CC[N+]1(CC(=O)O)CCCC1.O=[N+]([O-])[O-].O=[N+]([O-])[O-].[Ag]. The molecule has 2 aliphatic heterocycles. The van der Waals surface area contributed by atoms with Gasteiger partial charge in [0.05, 0.1) is 49.4 Å². The smallest absolute Gasteiger partial charge is 0.359 e. The van der Waals surface area contributed by atoms with Gasteiger partial charge in [0.2, 0.25) is 0 Å². The Hall–Kier alpha value is -2.00. The second kappa shape index (κ2) is 17.7. The van der Waals surface area contributed by atoms with Gasteiger partial charge in [-0.1, -0.05) is 0 Å². The Kier molecular flexibility index (Phi) is 19.2. The van der Waals surface area contributed by atoms with E-state index in [1.165, 1.54) is 25.7 Å². The van der Waals surface area contributed by atoms with E-state index < -0.39 is 22.1 Å². The Bertz CT molecular complexity index is 497. The molecule has 14 nitrogen and oxygen atoms in total. The summed E-state index contributed by atoms with van der Waals surface area (Å²) in [6.07, 6.45) is 4.78. The largest absolute Gasteiger partial charge is 0.477 e. The molecule has 0 atom stereocenters. The average molecular weight is 548 g/mol. The molecule has 1 radical (unpaired) electrons. The number of likely N-dealkylation sites (tertiary alicyclic amines) is 2. The van der Waals surface area contributed by atoms with E-state index in [0.717, 1.165) is 48.2 Å². The summed E-state index contributed by atoms with van der Waals surface area (Å²) in [5.74, 6) is -1.32. The van der Waals surface area contributed by atoms with Crippen molar-refractivity contribution in [3.63, 3.8) is 0 Å². The van der Waals surface area contributed by atoms with Gasteiger partial charge in [-0.2, -0.15) is 0 Å². The molecule has 31 heavy (non-hydrogen) atoms. The van der Waals surface area contributed by atoms with Gasteiger partial charge in [-0.25, -0.2) is 9.59 Å². The maximum Gasteiger partial charge on any atom is 0.359 e. The Morgan fingerprint density at radius 3 is 1.03 bits per heavy atom. The topological polar surface area (TPSA) is 207 Å². The molecular formula is C16H32AgN4O10. The molecule has 0 bridgehead atoms. The van der Waals surface area contributed by atoms with Crippen molar-refractivity contribution in [2.24, 2.45) is 0 Å². The summed E-state index contributed by atoms with van der Waals surface area (Å²) in [6, 6.07) is 0. The number of likely N-dealkylation sites (N-methyl/N-ethyl adjacent to an activating group) is 2. The molecule has 2 N–H and O–H groups in total. The fourth-order valence-corrected chi connectivity index (χ4v) is 3.76. The molecule has 15 heteroatoms. The zero-order valence-corrected chi connectivity index (χ0v) is 19.2. The van der Waals surface area contributed by atoms with E-state index in [1.54, 1.807) is 0 Å². The predicted molar refractivity (Wildman–Crippen MR) is 105 cm³/mol. The van der Waals surface area contributed by atoms with Crippen LogP contribution in [0.15, 0.2) is 0 Å². The Morgan fingerprint density at radius 2 is 0.903 bits per heavy atom. The van der Waals surface area contributed by atoms with E-state index in [9.17, 15) is 9.59 Å². The minimum absolute atomic E-state index is 0. The number of carbonyl (C=O) groups is 2. The van der Waals surface area contributed by atoms with Gasteiger partial charge in [-0.15, -0.1) is 0 Å². The van der Waals surface area contributed by atoms with Gasteiger partial charge in [0.1, 0.15) is 0 Å². The van der Waals surface area contributed by atoms with Crippen LogP contribution in [-0.2, 0) is 32.0 Å². The van der Waals surface area contributed by atoms with E-state index in [2.05, 4.69) is 13.8 Å². The quantitative estimate of drug-likeness (QED) is 0.208. The Balaban J connectivity index is -0.000000370. The van der Waals surface area contributed by atoms with Gasteiger partial charge in [0.15, 0.2) is 13.1 Å². The van der Waals surface area contributed by atoms with Crippen LogP contribution < -0.4 is 0 Å². The van der Waals surface area contributed by atoms with E-state index in [1.807, 2.05) is 0 Å². The van der Waals surface area contributed by atoms with Crippen LogP contribution in [0, 0.1) is 30.6 Å². The standard InChI is InChI=1S/2C8H15NO2.Ag.2NO3/c2*1-2-9(7-8(10)11)5-3-4-6-9;;2*2-1(3)4/h2*2-7H2,1H3;;;/q;;;2*-1/p+2. The maximum atomic E-state index is 10.5. The van der Waals surface area contributed by atoms with Crippen LogP contribution in [0.1, 0.15) is 39.5 Å². The molecule has 2 heterocycles. The number of hydrogen-bond donors (Lipinski definition) is 2. The van der Waals surface area contributed by atoms with Crippen LogP contribution in [-0.4, -0.2) is 93.6 Å².